The van der Waals surface area contributed by atoms with Gasteiger partial charge < -0.3 is 15.1 Å². The van der Waals surface area contributed by atoms with E-state index in [9.17, 15) is 48.7 Å². The van der Waals surface area contributed by atoms with Gasteiger partial charge in [-0.15, -0.1) is 11.3 Å². The average molecular weight is 638 g/mol. The molecule has 224 valence electrons. The summed E-state index contributed by atoms with van der Waals surface area (Å²) in [5.74, 6) is -4.40. The third-order valence-corrected chi connectivity index (χ3v) is 9.90. The number of hydrogen-bond donors (Lipinski definition) is 1. The van der Waals surface area contributed by atoms with Gasteiger partial charge in [0, 0.05) is 32.9 Å². The van der Waals surface area contributed by atoms with Crippen LogP contribution in [-0.2, 0) is 33.8 Å². The standard InChI is InChI=1S/C24H18F7N5O4S2/c1-35-10-17(42(39,40)16-3-5-41-19(16)20(35)37)18-13(23(26,27)28)8-32-22(34-18)33-15-7-11-2-4-36(21(38)24(29,30)31)9-12(11)6-14(15)25/h3,5-8,17H,2,4,9-10H2,1H3,(H,32,33,34). The molecule has 1 unspecified atom stereocenters. The summed E-state index contributed by atoms with van der Waals surface area (Å²) in [6, 6.07) is 3.21. The number of benzene rings is 1. The Morgan fingerprint density at radius 2 is 1.86 bits per heavy atom. The fourth-order valence-corrected chi connectivity index (χ4v) is 7.90. The zero-order valence-corrected chi connectivity index (χ0v) is 22.8. The van der Waals surface area contributed by atoms with E-state index in [0.717, 1.165) is 28.4 Å². The number of aromatic nitrogens is 2. The Bertz CT molecular complexity index is 1710. The number of thiophene rings is 1. The smallest absolute Gasteiger partial charge is 0.339 e. The van der Waals surface area contributed by atoms with Gasteiger partial charge >= 0.3 is 18.3 Å². The molecule has 0 saturated carbocycles. The van der Waals surface area contributed by atoms with Crippen molar-refractivity contribution in [2.45, 2.75) is 35.5 Å². The van der Waals surface area contributed by atoms with Gasteiger partial charge in [0.25, 0.3) is 5.91 Å². The van der Waals surface area contributed by atoms with E-state index in [-0.39, 0.29) is 29.1 Å². The second-order valence-electron chi connectivity index (χ2n) is 9.52. The molecule has 0 saturated heterocycles. The lowest BCUT2D eigenvalue weighted by Gasteiger charge is -2.30. The van der Waals surface area contributed by atoms with Crippen LogP contribution in [0.1, 0.15) is 37.3 Å². The maximum atomic E-state index is 15.0. The first-order valence-corrected chi connectivity index (χ1v) is 14.4. The van der Waals surface area contributed by atoms with E-state index < -0.39 is 80.3 Å². The van der Waals surface area contributed by atoms with Crippen molar-refractivity contribution in [3.63, 3.8) is 0 Å². The van der Waals surface area contributed by atoms with Crippen molar-refractivity contribution < 1.29 is 48.7 Å². The Morgan fingerprint density at radius 1 is 1.14 bits per heavy atom. The average Bonchev–Trinajstić information content (AvgIpc) is 3.38. The van der Waals surface area contributed by atoms with E-state index in [0.29, 0.717) is 16.7 Å². The van der Waals surface area contributed by atoms with E-state index >= 15 is 0 Å². The van der Waals surface area contributed by atoms with Gasteiger partial charge in [0.2, 0.25) is 5.95 Å². The van der Waals surface area contributed by atoms with Gasteiger partial charge in [0.1, 0.15) is 15.9 Å². The van der Waals surface area contributed by atoms with E-state index in [1.165, 1.54) is 18.5 Å². The van der Waals surface area contributed by atoms with Crippen molar-refractivity contribution in [2.75, 3.05) is 25.5 Å². The number of carbonyl (C=O) groups is 2. The van der Waals surface area contributed by atoms with E-state index in [2.05, 4.69) is 15.3 Å². The summed E-state index contributed by atoms with van der Waals surface area (Å²) >= 11 is 0.824. The third kappa shape index (κ3) is 5.28. The molecule has 4 heterocycles. The van der Waals surface area contributed by atoms with Crippen molar-refractivity contribution >= 4 is 44.6 Å². The quantitative estimate of drug-likeness (QED) is 0.422. The highest BCUT2D eigenvalue weighted by Gasteiger charge is 2.46. The van der Waals surface area contributed by atoms with Gasteiger partial charge in [-0.05, 0) is 41.1 Å². The predicted molar refractivity (Wildman–Crippen MR) is 133 cm³/mol. The number of halogens is 7. The molecule has 2 aromatic heterocycles. The molecule has 42 heavy (non-hydrogen) atoms. The summed E-state index contributed by atoms with van der Waals surface area (Å²) < 4.78 is 122. The number of fused-ring (bicyclic) bond motifs is 2. The molecule has 5 rings (SSSR count). The number of alkyl halides is 6. The number of nitrogens with one attached hydrogen (secondary N) is 1. The minimum atomic E-state index is -5.10. The number of hydrogen-bond acceptors (Lipinski definition) is 8. The number of amides is 2. The molecule has 0 bridgehead atoms. The number of nitrogens with zero attached hydrogens (tertiary/aromatic N) is 4. The SMILES string of the molecule is CN1CC(c2nc(Nc3cc4c(cc3F)CN(C(=O)C(F)(F)F)CC4)ncc2C(F)(F)F)S(=O)(=O)c2ccsc2C1=O. The summed E-state index contributed by atoms with van der Waals surface area (Å²) in [7, 11) is -3.33. The maximum absolute atomic E-state index is 15.0. The molecule has 1 atom stereocenters. The van der Waals surface area contributed by atoms with Crippen LogP contribution in [-0.4, -0.2) is 66.3 Å². The van der Waals surface area contributed by atoms with Gasteiger partial charge in [0.15, 0.2) is 9.84 Å². The van der Waals surface area contributed by atoms with Gasteiger partial charge in [0.05, 0.1) is 21.8 Å². The Labute approximate surface area is 236 Å². The molecule has 0 aliphatic carbocycles. The van der Waals surface area contributed by atoms with Crippen molar-refractivity contribution in [1.29, 1.82) is 0 Å². The second-order valence-corrected chi connectivity index (χ2v) is 12.5. The fraction of sp³-hybridized carbons (Fsp3) is 0.333. The molecule has 9 nitrogen and oxygen atoms in total. The zero-order chi connectivity index (χ0) is 30.8. The van der Waals surface area contributed by atoms with Crippen LogP contribution >= 0.6 is 11.3 Å². The number of carbonyl (C=O) groups excluding carboxylic acids is 2. The summed E-state index contributed by atoms with van der Waals surface area (Å²) in [6.07, 6.45) is -9.92. The molecule has 2 aliphatic heterocycles. The first-order chi connectivity index (χ1) is 19.5. The number of likely N-dealkylation sites (N-methyl/N-ethyl adjacent to an activating group) is 1. The highest BCUT2D eigenvalue weighted by Crippen LogP contribution is 2.42. The van der Waals surface area contributed by atoms with Crippen molar-refractivity contribution in [1.82, 2.24) is 19.8 Å². The molecule has 0 radical (unpaired) electrons. The molecule has 2 aliphatic rings. The lowest BCUT2D eigenvalue weighted by molar-refractivity contribution is -0.186. The van der Waals surface area contributed by atoms with Crippen LogP contribution in [0.5, 0.6) is 0 Å². The normalized spacial score (nSPS) is 18.8. The lowest BCUT2D eigenvalue weighted by Crippen LogP contribution is -2.43. The van der Waals surface area contributed by atoms with Gasteiger partial charge in [-0.2, -0.15) is 26.3 Å². The summed E-state index contributed by atoms with van der Waals surface area (Å²) in [6.45, 7) is -1.49. The molecule has 0 fully saturated rings. The Balaban J connectivity index is 1.52. The Morgan fingerprint density at radius 3 is 2.52 bits per heavy atom. The van der Waals surface area contributed by atoms with Crippen LogP contribution in [0.4, 0.5) is 42.4 Å². The topological polar surface area (TPSA) is 113 Å². The minimum Gasteiger partial charge on any atom is -0.339 e. The maximum Gasteiger partial charge on any atom is 0.471 e. The van der Waals surface area contributed by atoms with E-state index in [1.807, 2.05) is 0 Å². The highest BCUT2D eigenvalue weighted by molar-refractivity contribution is 7.92. The van der Waals surface area contributed by atoms with Gasteiger partial charge in [-0.3, -0.25) is 9.59 Å². The van der Waals surface area contributed by atoms with Gasteiger partial charge in [-0.1, -0.05) is 0 Å². The van der Waals surface area contributed by atoms with Crippen LogP contribution in [0.15, 0.2) is 34.7 Å². The summed E-state index contributed by atoms with van der Waals surface area (Å²) in [5.41, 5.74) is -2.31. The molecular weight excluding hydrogens is 619 g/mol. The molecule has 1 N–H and O–H groups in total. The van der Waals surface area contributed by atoms with Crippen molar-refractivity contribution in [2.24, 2.45) is 0 Å². The largest absolute Gasteiger partial charge is 0.471 e. The Kier molecular flexibility index (Phi) is 7.19. The van der Waals surface area contributed by atoms with Crippen LogP contribution in [0.3, 0.4) is 0 Å². The van der Waals surface area contributed by atoms with Crippen LogP contribution in [0.25, 0.3) is 0 Å². The molecule has 2 amide bonds. The Hall–Kier alpha value is -3.80. The number of sulfone groups is 1. The lowest BCUT2D eigenvalue weighted by atomic mass is 9.98. The number of rotatable bonds is 3. The van der Waals surface area contributed by atoms with E-state index in [4.69, 9.17) is 0 Å². The first kappa shape index (κ1) is 29.7. The molecule has 3 aromatic rings. The van der Waals surface area contributed by atoms with Crippen LogP contribution in [0.2, 0.25) is 0 Å². The molecule has 18 heteroatoms. The predicted octanol–water partition coefficient (Wildman–Crippen LogP) is 4.49. The number of anilines is 2. The minimum absolute atomic E-state index is 0.0745. The van der Waals surface area contributed by atoms with Crippen LogP contribution in [0, 0.1) is 5.82 Å². The molecular formula is C24H18F7N5O4S2. The zero-order valence-electron chi connectivity index (χ0n) is 21.2. The van der Waals surface area contributed by atoms with Crippen molar-refractivity contribution in [3.8, 4) is 0 Å². The monoisotopic (exact) mass is 637 g/mol. The van der Waals surface area contributed by atoms with E-state index in [1.54, 1.807) is 0 Å². The first-order valence-electron chi connectivity index (χ1n) is 11.9. The third-order valence-electron chi connectivity index (χ3n) is 6.80. The van der Waals surface area contributed by atoms with Crippen molar-refractivity contribution in [3.05, 3.63) is 62.9 Å². The van der Waals surface area contributed by atoms with Gasteiger partial charge in [-0.25, -0.2) is 22.8 Å². The van der Waals surface area contributed by atoms with Crippen LogP contribution < -0.4 is 5.32 Å². The highest BCUT2D eigenvalue weighted by atomic mass is 32.2. The summed E-state index contributed by atoms with van der Waals surface area (Å²) in [5, 5.41) is 1.79. The molecule has 0 spiro atoms. The second kappa shape index (κ2) is 10.2. The fourth-order valence-electron chi connectivity index (χ4n) is 4.73. The molecule has 1 aromatic carbocycles. The summed E-state index contributed by atoms with van der Waals surface area (Å²) in [4.78, 5) is 32.6.